The minimum Gasteiger partial charge on any atom is -0.0654 e. The fourth-order valence-corrected chi connectivity index (χ4v) is 1.86. The van der Waals surface area contributed by atoms with Gasteiger partial charge in [-0.3, -0.25) is 0 Å². The molecule has 0 aromatic heterocycles. The molecule has 0 bridgehead atoms. The van der Waals surface area contributed by atoms with Crippen LogP contribution in [0.4, 0.5) is 0 Å². The van der Waals surface area contributed by atoms with Gasteiger partial charge in [0.05, 0.1) is 0 Å². The van der Waals surface area contributed by atoms with Gasteiger partial charge in [0, 0.05) is 0 Å². The van der Waals surface area contributed by atoms with Crippen LogP contribution in [0, 0.1) is 11.8 Å². The van der Waals surface area contributed by atoms with E-state index in [4.69, 9.17) is 0 Å². The van der Waals surface area contributed by atoms with E-state index in [1.807, 2.05) is 0 Å². The molecule has 0 amide bonds. The molecule has 1 saturated carbocycles. The molecule has 1 aliphatic rings. The average molecular weight is 168 g/mol. The topological polar surface area (TPSA) is 0 Å². The van der Waals surface area contributed by atoms with Gasteiger partial charge in [-0.05, 0) is 11.8 Å². The van der Waals surface area contributed by atoms with Crippen molar-refractivity contribution in [3.8, 4) is 0 Å². The number of hydrogen-bond donors (Lipinski definition) is 0. The minimum absolute atomic E-state index is 0.990. The van der Waals surface area contributed by atoms with Crippen LogP contribution in [0.1, 0.15) is 65.2 Å². The van der Waals surface area contributed by atoms with Gasteiger partial charge in [-0.25, -0.2) is 0 Å². The van der Waals surface area contributed by atoms with Crippen molar-refractivity contribution in [3.63, 3.8) is 0 Å². The number of rotatable bonds is 7. The van der Waals surface area contributed by atoms with Gasteiger partial charge < -0.3 is 0 Å². The summed E-state index contributed by atoms with van der Waals surface area (Å²) in [6, 6.07) is 0. The smallest absolute Gasteiger partial charge is 0.0414 e. The Balaban J connectivity index is 1.83. The van der Waals surface area contributed by atoms with Crippen LogP contribution in [0.15, 0.2) is 0 Å². The molecule has 1 rings (SSSR count). The largest absolute Gasteiger partial charge is 0.0654 e. The summed E-state index contributed by atoms with van der Waals surface area (Å²) in [6.07, 6.45) is 11.8. The number of hydrogen-bond acceptors (Lipinski definition) is 0. The standard InChI is InChI=1S/C12H24/c1-3-4-6-11(2)7-5-8-12-9-10-12/h11-12H,3-10H2,1-2H3. The van der Waals surface area contributed by atoms with Crippen molar-refractivity contribution in [3.05, 3.63) is 0 Å². The molecule has 0 aromatic rings. The fraction of sp³-hybridized carbons (Fsp3) is 1.00. The summed E-state index contributed by atoms with van der Waals surface area (Å²) in [5.41, 5.74) is 0. The molecule has 72 valence electrons. The van der Waals surface area contributed by atoms with E-state index in [9.17, 15) is 0 Å². The summed E-state index contributed by atoms with van der Waals surface area (Å²) in [4.78, 5) is 0. The molecule has 0 nitrogen and oxygen atoms in total. The van der Waals surface area contributed by atoms with Gasteiger partial charge >= 0.3 is 0 Å². The zero-order valence-corrected chi connectivity index (χ0v) is 8.81. The first-order chi connectivity index (χ1) is 5.83. The highest BCUT2D eigenvalue weighted by Crippen LogP contribution is 2.34. The fourth-order valence-electron chi connectivity index (χ4n) is 1.86. The van der Waals surface area contributed by atoms with Crippen molar-refractivity contribution in [2.24, 2.45) is 11.8 Å². The minimum atomic E-state index is 0.990. The van der Waals surface area contributed by atoms with Gasteiger partial charge in [0.15, 0.2) is 0 Å². The lowest BCUT2D eigenvalue weighted by Crippen LogP contribution is -1.94. The third kappa shape index (κ3) is 4.79. The molecule has 0 heterocycles. The van der Waals surface area contributed by atoms with E-state index in [0.29, 0.717) is 0 Å². The van der Waals surface area contributed by atoms with E-state index in [2.05, 4.69) is 13.8 Å². The van der Waals surface area contributed by atoms with Gasteiger partial charge in [-0.15, -0.1) is 0 Å². The zero-order valence-electron chi connectivity index (χ0n) is 8.81. The third-order valence-corrected chi connectivity index (χ3v) is 3.06. The molecule has 1 atom stereocenters. The molecule has 0 saturated heterocycles. The van der Waals surface area contributed by atoms with Gasteiger partial charge in [0.2, 0.25) is 0 Å². The van der Waals surface area contributed by atoms with Crippen LogP contribution in [0.3, 0.4) is 0 Å². The lowest BCUT2D eigenvalue weighted by atomic mass is 9.97. The summed E-state index contributed by atoms with van der Waals surface area (Å²) in [5, 5.41) is 0. The quantitative estimate of drug-likeness (QED) is 0.529. The lowest BCUT2D eigenvalue weighted by molar-refractivity contribution is 0.442. The first kappa shape index (κ1) is 10.1. The molecule has 0 aliphatic heterocycles. The highest BCUT2D eigenvalue weighted by molar-refractivity contribution is 4.72. The summed E-state index contributed by atoms with van der Waals surface area (Å²) in [7, 11) is 0. The highest BCUT2D eigenvalue weighted by atomic mass is 14.3. The van der Waals surface area contributed by atoms with Gasteiger partial charge in [-0.1, -0.05) is 65.2 Å². The van der Waals surface area contributed by atoms with E-state index in [-0.39, 0.29) is 0 Å². The van der Waals surface area contributed by atoms with Crippen molar-refractivity contribution in [2.75, 3.05) is 0 Å². The second kappa shape index (κ2) is 5.61. The maximum absolute atomic E-state index is 2.42. The van der Waals surface area contributed by atoms with E-state index in [1.54, 1.807) is 0 Å². The van der Waals surface area contributed by atoms with E-state index >= 15 is 0 Å². The van der Waals surface area contributed by atoms with Gasteiger partial charge in [0.1, 0.15) is 0 Å². The van der Waals surface area contributed by atoms with Crippen LogP contribution in [0.2, 0.25) is 0 Å². The van der Waals surface area contributed by atoms with Crippen molar-refractivity contribution in [1.82, 2.24) is 0 Å². The van der Waals surface area contributed by atoms with Crippen LogP contribution in [0.25, 0.3) is 0 Å². The highest BCUT2D eigenvalue weighted by Gasteiger charge is 2.20. The van der Waals surface area contributed by atoms with Crippen LogP contribution in [-0.2, 0) is 0 Å². The zero-order chi connectivity index (χ0) is 8.81. The molecule has 1 aliphatic carbocycles. The first-order valence-corrected chi connectivity index (χ1v) is 5.83. The summed E-state index contributed by atoms with van der Waals surface area (Å²) in [5.74, 6) is 2.13. The Kier molecular flexibility index (Phi) is 4.72. The molecule has 0 radical (unpaired) electrons. The maximum Gasteiger partial charge on any atom is -0.0414 e. The summed E-state index contributed by atoms with van der Waals surface area (Å²) in [6.45, 7) is 4.71. The van der Waals surface area contributed by atoms with Gasteiger partial charge in [-0.2, -0.15) is 0 Å². The third-order valence-electron chi connectivity index (χ3n) is 3.06. The Morgan fingerprint density at radius 1 is 1.17 bits per heavy atom. The average Bonchev–Trinajstić information content (AvgIpc) is 2.84. The molecule has 0 spiro atoms. The van der Waals surface area contributed by atoms with Gasteiger partial charge in [0.25, 0.3) is 0 Å². The van der Waals surface area contributed by atoms with E-state index in [0.717, 1.165) is 11.8 Å². The molecule has 1 unspecified atom stereocenters. The molecular formula is C12H24. The first-order valence-electron chi connectivity index (χ1n) is 5.83. The molecule has 1 fully saturated rings. The second-order valence-electron chi connectivity index (χ2n) is 4.62. The van der Waals surface area contributed by atoms with E-state index < -0.39 is 0 Å². The Morgan fingerprint density at radius 2 is 1.83 bits per heavy atom. The SMILES string of the molecule is CCCCC(C)CCCC1CC1. The van der Waals surface area contributed by atoms with Crippen molar-refractivity contribution < 1.29 is 0 Å². The van der Waals surface area contributed by atoms with Crippen molar-refractivity contribution in [1.29, 1.82) is 0 Å². The Labute approximate surface area is 77.7 Å². The number of unbranched alkanes of at least 4 members (excludes halogenated alkanes) is 1. The molecule has 0 heteroatoms. The monoisotopic (exact) mass is 168 g/mol. The molecule has 0 N–H and O–H groups in total. The van der Waals surface area contributed by atoms with Crippen LogP contribution < -0.4 is 0 Å². The molecule has 12 heavy (non-hydrogen) atoms. The second-order valence-corrected chi connectivity index (χ2v) is 4.62. The van der Waals surface area contributed by atoms with Crippen LogP contribution >= 0.6 is 0 Å². The summed E-state index contributed by atoms with van der Waals surface area (Å²) < 4.78 is 0. The van der Waals surface area contributed by atoms with Crippen molar-refractivity contribution in [2.45, 2.75) is 65.2 Å². The normalized spacial score (nSPS) is 19.5. The molecule has 0 aromatic carbocycles. The Morgan fingerprint density at radius 3 is 2.42 bits per heavy atom. The van der Waals surface area contributed by atoms with Crippen LogP contribution in [-0.4, -0.2) is 0 Å². The van der Waals surface area contributed by atoms with E-state index in [1.165, 1.54) is 51.4 Å². The summed E-state index contributed by atoms with van der Waals surface area (Å²) >= 11 is 0. The lowest BCUT2D eigenvalue weighted by Gasteiger charge is -2.09. The molecular weight excluding hydrogens is 144 g/mol. The predicted octanol–water partition coefficient (Wildman–Crippen LogP) is 4.39. The maximum atomic E-state index is 2.42. The Bertz CT molecular complexity index is 103. The van der Waals surface area contributed by atoms with Crippen molar-refractivity contribution >= 4 is 0 Å². The Hall–Kier alpha value is 0. The predicted molar refractivity (Wildman–Crippen MR) is 55.3 cm³/mol. The van der Waals surface area contributed by atoms with Crippen LogP contribution in [0.5, 0.6) is 0 Å².